The lowest BCUT2D eigenvalue weighted by atomic mass is 10.1. The minimum Gasteiger partial charge on any atom is -0.334 e. The fraction of sp³-hybridized carbons (Fsp3) is 0.111. The smallest absolute Gasteiger partial charge is 0.260 e. The summed E-state index contributed by atoms with van der Waals surface area (Å²) in [7, 11) is 0. The molecule has 2 aromatic carbocycles. The molecule has 6 nitrogen and oxygen atoms in total. The van der Waals surface area contributed by atoms with Gasteiger partial charge in [0, 0.05) is 5.56 Å². The molecule has 24 heavy (non-hydrogen) atoms. The van der Waals surface area contributed by atoms with Gasteiger partial charge in [-0.25, -0.2) is 0 Å². The summed E-state index contributed by atoms with van der Waals surface area (Å²) >= 11 is 0. The van der Waals surface area contributed by atoms with Gasteiger partial charge in [0.25, 0.3) is 5.89 Å². The van der Waals surface area contributed by atoms with Crippen molar-refractivity contribution in [2.24, 2.45) is 0 Å². The average molecular weight is 318 g/mol. The molecule has 1 N–H and O–H groups in total. The maximum Gasteiger partial charge on any atom is 0.260 e. The maximum absolute atomic E-state index is 11.7. The third kappa shape index (κ3) is 3.15. The first-order valence-electron chi connectivity index (χ1n) is 7.35. The van der Waals surface area contributed by atoms with Crippen LogP contribution in [-0.2, 0) is 4.79 Å². The van der Waals surface area contributed by atoms with E-state index in [0.717, 1.165) is 11.1 Å². The molecule has 0 spiro atoms. The first-order valence-corrected chi connectivity index (χ1v) is 7.35. The van der Waals surface area contributed by atoms with Gasteiger partial charge in [-0.1, -0.05) is 41.6 Å². The number of nitrogens with one attached hydrogen (secondary N) is 1. The van der Waals surface area contributed by atoms with Crippen molar-refractivity contribution in [3.63, 3.8) is 0 Å². The van der Waals surface area contributed by atoms with Crippen molar-refractivity contribution in [1.82, 2.24) is 10.1 Å². The summed E-state index contributed by atoms with van der Waals surface area (Å²) in [4.78, 5) is 16.1. The molecule has 118 valence electrons. The predicted octanol–water partition coefficient (Wildman–Crippen LogP) is 3.56. The van der Waals surface area contributed by atoms with Crippen LogP contribution in [-0.4, -0.2) is 16.0 Å². The first-order chi connectivity index (χ1) is 11.7. The van der Waals surface area contributed by atoms with Crippen molar-refractivity contribution < 1.29 is 9.32 Å². The highest BCUT2D eigenvalue weighted by Crippen LogP contribution is 2.29. The molecule has 0 unspecified atom stereocenters. The van der Waals surface area contributed by atoms with E-state index in [-0.39, 0.29) is 12.3 Å². The summed E-state index contributed by atoms with van der Waals surface area (Å²) in [6.07, 6.45) is -0.216. The largest absolute Gasteiger partial charge is 0.334 e. The van der Waals surface area contributed by atoms with Gasteiger partial charge in [0.05, 0.1) is 17.3 Å². The Morgan fingerprint density at radius 3 is 2.62 bits per heavy atom. The third-order valence-electron chi connectivity index (χ3n) is 3.48. The second-order valence-corrected chi connectivity index (χ2v) is 5.17. The minimum absolute atomic E-state index is 0.216. The van der Waals surface area contributed by atoms with Gasteiger partial charge in [-0.05, 0) is 24.6 Å². The fourth-order valence-corrected chi connectivity index (χ4v) is 2.31. The van der Waals surface area contributed by atoms with E-state index in [0.29, 0.717) is 23.0 Å². The lowest BCUT2D eigenvalue weighted by molar-refractivity contribution is -0.115. The van der Waals surface area contributed by atoms with Crippen molar-refractivity contribution in [3.8, 4) is 28.9 Å². The molecular formula is C18H14N4O2. The Kier molecular flexibility index (Phi) is 4.34. The van der Waals surface area contributed by atoms with Gasteiger partial charge in [0.2, 0.25) is 11.7 Å². The molecule has 0 atom stereocenters. The van der Waals surface area contributed by atoms with Crippen LogP contribution in [0.2, 0.25) is 0 Å². The van der Waals surface area contributed by atoms with Crippen molar-refractivity contribution in [3.05, 3.63) is 54.1 Å². The summed E-state index contributed by atoms with van der Waals surface area (Å²) < 4.78 is 5.36. The van der Waals surface area contributed by atoms with E-state index in [1.807, 2.05) is 43.3 Å². The van der Waals surface area contributed by atoms with Crippen LogP contribution in [0.3, 0.4) is 0 Å². The number of nitrogens with zero attached hydrogens (tertiary/aromatic N) is 3. The molecule has 1 aromatic heterocycles. The van der Waals surface area contributed by atoms with Crippen LogP contribution in [0.15, 0.2) is 53.1 Å². The predicted molar refractivity (Wildman–Crippen MR) is 88.8 cm³/mol. The molecule has 6 heteroatoms. The van der Waals surface area contributed by atoms with Crippen molar-refractivity contribution in [1.29, 1.82) is 5.26 Å². The molecule has 0 fully saturated rings. The zero-order chi connectivity index (χ0) is 16.9. The number of anilines is 1. The second-order valence-electron chi connectivity index (χ2n) is 5.17. The lowest BCUT2D eigenvalue weighted by Crippen LogP contribution is -2.10. The van der Waals surface area contributed by atoms with Crippen LogP contribution in [0.4, 0.5) is 5.69 Å². The van der Waals surface area contributed by atoms with Gasteiger partial charge >= 0.3 is 0 Å². The standard InChI is InChI=1S/C18H14N4O2/c1-12-6-2-3-7-13(12)17-21-18(24-22-17)14-8-4-5-9-15(14)20-16(23)10-11-19/h2-9H,10H2,1H3,(H,20,23). The summed E-state index contributed by atoms with van der Waals surface area (Å²) in [5.41, 5.74) is 3.06. The Balaban J connectivity index is 1.95. The number of aryl methyl sites for hydroxylation is 1. The van der Waals surface area contributed by atoms with E-state index in [9.17, 15) is 4.79 Å². The number of nitriles is 1. The summed E-state index contributed by atoms with van der Waals surface area (Å²) in [6, 6.07) is 16.7. The van der Waals surface area contributed by atoms with Gasteiger partial charge in [0.15, 0.2) is 0 Å². The number of rotatable bonds is 4. The van der Waals surface area contributed by atoms with Gasteiger partial charge in [-0.2, -0.15) is 10.2 Å². The number of aromatic nitrogens is 2. The monoisotopic (exact) mass is 318 g/mol. The first kappa shape index (κ1) is 15.4. The van der Waals surface area contributed by atoms with Crippen LogP contribution in [0.1, 0.15) is 12.0 Å². The fourth-order valence-electron chi connectivity index (χ4n) is 2.31. The molecule has 1 heterocycles. The average Bonchev–Trinajstić information content (AvgIpc) is 3.05. The highest BCUT2D eigenvalue weighted by atomic mass is 16.5. The Morgan fingerprint density at radius 1 is 1.17 bits per heavy atom. The SMILES string of the molecule is Cc1ccccc1-c1noc(-c2ccccc2NC(=O)CC#N)n1. The van der Waals surface area contributed by atoms with E-state index in [2.05, 4.69) is 15.5 Å². The van der Waals surface area contributed by atoms with E-state index >= 15 is 0 Å². The van der Waals surface area contributed by atoms with Crippen LogP contribution >= 0.6 is 0 Å². The Morgan fingerprint density at radius 2 is 1.88 bits per heavy atom. The number of amides is 1. The van der Waals surface area contributed by atoms with E-state index < -0.39 is 0 Å². The highest BCUT2D eigenvalue weighted by molar-refractivity contribution is 5.95. The summed E-state index contributed by atoms with van der Waals surface area (Å²) in [5.74, 6) is 0.408. The lowest BCUT2D eigenvalue weighted by Gasteiger charge is -2.06. The van der Waals surface area contributed by atoms with E-state index in [1.165, 1.54) is 0 Å². The molecule has 0 saturated carbocycles. The number of benzene rings is 2. The van der Waals surface area contributed by atoms with Gasteiger partial charge in [0.1, 0.15) is 6.42 Å². The third-order valence-corrected chi connectivity index (χ3v) is 3.48. The minimum atomic E-state index is -0.386. The number of carbonyl (C=O) groups is 1. The quantitative estimate of drug-likeness (QED) is 0.794. The molecule has 0 aliphatic carbocycles. The Hall–Kier alpha value is -3.46. The maximum atomic E-state index is 11.7. The van der Waals surface area contributed by atoms with Gasteiger partial charge in [-0.15, -0.1) is 0 Å². The zero-order valence-corrected chi connectivity index (χ0v) is 13.0. The van der Waals surface area contributed by atoms with Crippen LogP contribution in [0.5, 0.6) is 0 Å². The van der Waals surface area contributed by atoms with Crippen LogP contribution < -0.4 is 5.32 Å². The van der Waals surface area contributed by atoms with Crippen molar-refractivity contribution >= 4 is 11.6 Å². The van der Waals surface area contributed by atoms with E-state index in [4.69, 9.17) is 9.78 Å². The summed E-state index contributed by atoms with van der Waals surface area (Å²) in [5, 5.41) is 15.3. The normalized spacial score (nSPS) is 10.2. The molecule has 3 rings (SSSR count). The molecule has 0 saturated heterocycles. The molecule has 1 amide bonds. The molecule has 0 bridgehead atoms. The van der Waals surface area contributed by atoms with E-state index in [1.54, 1.807) is 18.2 Å². The van der Waals surface area contributed by atoms with Gasteiger partial charge in [-0.3, -0.25) is 4.79 Å². The van der Waals surface area contributed by atoms with Crippen LogP contribution in [0, 0.1) is 18.3 Å². The topological polar surface area (TPSA) is 91.8 Å². The Bertz CT molecular complexity index is 925. The number of para-hydroxylation sites is 1. The highest BCUT2D eigenvalue weighted by Gasteiger charge is 2.16. The molecular weight excluding hydrogens is 304 g/mol. The molecule has 0 aliphatic rings. The van der Waals surface area contributed by atoms with Gasteiger partial charge < -0.3 is 9.84 Å². The number of hydrogen-bond acceptors (Lipinski definition) is 5. The van der Waals surface area contributed by atoms with Crippen LogP contribution in [0.25, 0.3) is 22.8 Å². The molecule has 0 aliphatic heterocycles. The number of carbonyl (C=O) groups excluding carboxylic acids is 1. The zero-order valence-electron chi connectivity index (χ0n) is 13.0. The van der Waals surface area contributed by atoms with Crippen molar-refractivity contribution in [2.75, 3.05) is 5.32 Å². The number of hydrogen-bond donors (Lipinski definition) is 1. The Labute approximate surface area is 138 Å². The second kappa shape index (κ2) is 6.75. The molecule has 0 radical (unpaired) electrons. The summed E-state index contributed by atoms with van der Waals surface area (Å²) in [6.45, 7) is 1.97. The molecule has 3 aromatic rings. The van der Waals surface area contributed by atoms with Crippen molar-refractivity contribution in [2.45, 2.75) is 13.3 Å².